The van der Waals surface area contributed by atoms with Crippen molar-refractivity contribution in [2.45, 2.75) is 28.2 Å². The molecule has 4 heterocycles. The highest BCUT2D eigenvalue weighted by Gasteiger charge is 2.35. The van der Waals surface area contributed by atoms with E-state index in [-0.39, 0.29) is 5.82 Å². The summed E-state index contributed by atoms with van der Waals surface area (Å²) >= 11 is 1.53. The average molecular weight is 487 g/mol. The summed E-state index contributed by atoms with van der Waals surface area (Å²) < 4.78 is 28.1. The van der Waals surface area contributed by atoms with Crippen LogP contribution in [0.15, 0.2) is 82.7 Å². The smallest absolute Gasteiger partial charge is 0.187 e. The predicted octanol–water partition coefficient (Wildman–Crippen LogP) is 5.89. The fourth-order valence-electron chi connectivity index (χ4n) is 4.73. The Kier molecular flexibility index (Phi) is 5.72. The van der Waals surface area contributed by atoms with Crippen LogP contribution in [0.25, 0.3) is 28.1 Å². The van der Waals surface area contributed by atoms with E-state index in [1.165, 1.54) is 11.8 Å². The zero-order valence-corrected chi connectivity index (χ0v) is 20.0. The second-order valence-corrected chi connectivity index (χ2v) is 9.72. The first kappa shape index (κ1) is 22.2. The third-order valence-electron chi connectivity index (χ3n) is 6.56. The van der Waals surface area contributed by atoms with Crippen LogP contribution in [0.3, 0.4) is 0 Å². The summed E-state index contributed by atoms with van der Waals surface area (Å²) in [5.74, 6) is 0.433. The van der Waals surface area contributed by atoms with Crippen LogP contribution in [0.4, 0.5) is 4.39 Å². The third-order valence-corrected chi connectivity index (χ3v) is 7.52. The highest BCUT2D eigenvalue weighted by molar-refractivity contribution is 7.99. The highest BCUT2D eigenvalue weighted by atomic mass is 32.2. The van der Waals surface area contributed by atoms with Crippen molar-refractivity contribution in [2.75, 3.05) is 20.3 Å². The molecule has 5 aromatic rings. The molecule has 3 aromatic heterocycles. The molecule has 0 radical (unpaired) electrons. The van der Waals surface area contributed by atoms with Gasteiger partial charge < -0.3 is 9.47 Å². The number of hydrogen-bond donors (Lipinski definition) is 0. The molecule has 0 saturated carbocycles. The summed E-state index contributed by atoms with van der Waals surface area (Å²) in [5.41, 5.74) is 2.85. The van der Waals surface area contributed by atoms with Crippen LogP contribution in [0.1, 0.15) is 18.4 Å². The molecule has 0 atom stereocenters. The number of pyridine rings is 2. The lowest BCUT2D eigenvalue weighted by atomic mass is 9.86. The van der Waals surface area contributed by atoms with E-state index in [1.54, 1.807) is 25.4 Å². The minimum atomic E-state index is -0.513. The second-order valence-electron chi connectivity index (χ2n) is 8.57. The fraction of sp³-hybridized carbons (Fsp3) is 0.222. The van der Waals surface area contributed by atoms with Crippen LogP contribution >= 0.6 is 11.8 Å². The first-order valence-electron chi connectivity index (χ1n) is 11.5. The van der Waals surface area contributed by atoms with Gasteiger partial charge in [0.05, 0.1) is 11.1 Å². The lowest BCUT2D eigenvalue weighted by Gasteiger charge is -2.36. The lowest BCUT2D eigenvalue weighted by molar-refractivity contribution is -0.0950. The van der Waals surface area contributed by atoms with Gasteiger partial charge in [0, 0.05) is 49.2 Å². The Balaban J connectivity index is 1.37. The summed E-state index contributed by atoms with van der Waals surface area (Å²) in [6.45, 7) is 1.21. The van der Waals surface area contributed by atoms with Crippen LogP contribution in [0, 0.1) is 5.82 Å². The van der Waals surface area contributed by atoms with Crippen molar-refractivity contribution in [3.05, 3.63) is 84.3 Å². The number of ether oxygens (including phenoxy) is 2. The van der Waals surface area contributed by atoms with Crippen molar-refractivity contribution in [1.29, 1.82) is 0 Å². The quantitative estimate of drug-likeness (QED) is 0.309. The molecule has 1 fully saturated rings. The summed E-state index contributed by atoms with van der Waals surface area (Å²) in [4.78, 5) is 6.29. The molecule has 0 unspecified atom stereocenters. The number of nitrogens with zero attached hydrogens (tertiary/aromatic N) is 4. The number of methoxy groups -OCH3 is 1. The van der Waals surface area contributed by atoms with E-state index in [4.69, 9.17) is 9.47 Å². The van der Waals surface area contributed by atoms with E-state index in [0.717, 1.165) is 37.6 Å². The molecule has 176 valence electrons. The van der Waals surface area contributed by atoms with Crippen molar-refractivity contribution in [3.8, 4) is 11.5 Å². The highest BCUT2D eigenvalue weighted by Crippen LogP contribution is 2.39. The molecule has 0 aliphatic carbocycles. The average Bonchev–Trinajstić information content (AvgIpc) is 3.34. The number of fused-ring (bicyclic) bond motifs is 3. The molecule has 6 nitrogen and oxygen atoms in total. The zero-order chi connectivity index (χ0) is 23.8. The molecule has 0 N–H and O–H groups in total. The fourth-order valence-corrected chi connectivity index (χ4v) is 5.68. The summed E-state index contributed by atoms with van der Waals surface area (Å²) in [7, 11) is 1.69. The van der Waals surface area contributed by atoms with Gasteiger partial charge in [0.1, 0.15) is 11.5 Å². The van der Waals surface area contributed by atoms with Gasteiger partial charge in [-0.1, -0.05) is 17.8 Å². The standard InChI is InChI=1S/C27H23FN4O2S/c1-33-27(9-12-34-13-10-27)19-15-20(28)17-22(16-19)35-21-6-7-24-18(14-21)5-8-25-30-31-26(32(24)25)23-4-2-3-11-29-23/h2-8,11,14-17H,9-10,12-13H2,1H3. The summed E-state index contributed by atoms with van der Waals surface area (Å²) in [6, 6.07) is 21.1. The van der Waals surface area contributed by atoms with Gasteiger partial charge in [0.2, 0.25) is 0 Å². The lowest BCUT2D eigenvalue weighted by Crippen LogP contribution is -2.35. The monoisotopic (exact) mass is 486 g/mol. The molecule has 1 saturated heterocycles. The Morgan fingerprint density at radius 2 is 1.86 bits per heavy atom. The van der Waals surface area contributed by atoms with E-state index >= 15 is 0 Å². The van der Waals surface area contributed by atoms with Gasteiger partial charge in [-0.25, -0.2) is 4.39 Å². The molecule has 8 heteroatoms. The number of benzene rings is 2. The molecule has 35 heavy (non-hydrogen) atoms. The molecule has 2 aromatic carbocycles. The first-order chi connectivity index (χ1) is 17.1. The van der Waals surface area contributed by atoms with Gasteiger partial charge in [-0.3, -0.25) is 9.38 Å². The summed E-state index contributed by atoms with van der Waals surface area (Å²) in [6.07, 6.45) is 3.17. The maximum atomic E-state index is 14.7. The minimum Gasteiger partial charge on any atom is -0.381 e. The maximum Gasteiger partial charge on any atom is 0.187 e. The van der Waals surface area contributed by atoms with Gasteiger partial charge in [0.25, 0.3) is 0 Å². The SMILES string of the molecule is COC1(c2cc(F)cc(Sc3ccc4c(ccc5nnc(-c6ccccn6)n54)c3)c2)CCOCC1. The Morgan fingerprint density at radius 3 is 2.66 bits per heavy atom. The molecular weight excluding hydrogens is 463 g/mol. The molecule has 0 spiro atoms. The van der Waals surface area contributed by atoms with Crippen molar-refractivity contribution >= 4 is 28.3 Å². The van der Waals surface area contributed by atoms with Gasteiger partial charge in [-0.2, -0.15) is 0 Å². The predicted molar refractivity (Wildman–Crippen MR) is 133 cm³/mol. The molecule has 6 rings (SSSR count). The Morgan fingerprint density at radius 1 is 0.971 bits per heavy atom. The molecule has 0 bridgehead atoms. The van der Waals surface area contributed by atoms with Crippen molar-refractivity contribution in [2.24, 2.45) is 0 Å². The van der Waals surface area contributed by atoms with Crippen LogP contribution in [0.5, 0.6) is 0 Å². The topological polar surface area (TPSA) is 61.5 Å². The molecule has 1 aliphatic heterocycles. The Bertz CT molecular complexity index is 1520. The van der Waals surface area contributed by atoms with Crippen molar-refractivity contribution in [3.63, 3.8) is 0 Å². The van der Waals surface area contributed by atoms with Gasteiger partial charge in [-0.05, 0) is 71.6 Å². The molecule has 0 amide bonds. The van der Waals surface area contributed by atoms with Crippen LogP contribution < -0.4 is 0 Å². The number of hydrogen-bond acceptors (Lipinski definition) is 6. The molecular formula is C27H23FN4O2S. The van der Waals surface area contributed by atoms with Crippen LogP contribution in [0.2, 0.25) is 0 Å². The van der Waals surface area contributed by atoms with Gasteiger partial charge in [0.15, 0.2) is 11.5 Å². The van der Waals surface area contributed by atoms with Gasteiger partial charge >= 0.3 is 0 Å². The Hall–Kier alpha value is -3.33. The van der Waals surface area contributed by atoms with E-state index in [2.05, 4.69) is 27.3 Å². The normalized spacial score (nSPS) is 15.6. The van der Waals surface area contributed by atoms with E-state index in [0.29, 0.717) is 31.9 Å². The van der Waals surface area contributed by atoms with Crippen molar-refractivity contribution in [1.82, 2.24) is 19.6 Å². The number of aromatic nitrogens is 4. The summed E-state index contributed by atoms with van der Waals surface area (Å²) in [5, 5.41) is 9.72. The molecule has 1 aliphatic rings. The van der Waals surface area contributed by atoms with Crippen molar-refractivity contribution < 1.29 is 13.9 Å². The van der Waals surface area contributed by atoms with E-state index < -0.39 is 5.60 Å². The zero-order valence-electron chi connectivity index (χ0n) is 19.1. The maximum absolute atomic E-state index is 14.7. The van der Waals surface area contributed by atoms with Gasteiger partial charge in [-0.15, -0.1) is 10.2 Å². The number of rotatable bonds is 5. The first-order valence-corrected chi connectivity index (χ1v) is 12.3. The minimum absolute atomic E-state index is 0.264. The van der Waals surface area contributed by atoms with Crippen LogP contribution in [-0.4, -0.2) is 39.9 Å². The van der Waals surface area contributed by atoms with E-state index in [1.807, 2.05) is 46.9 Å². The largest absolute Gasteiger partial charge is 0.381 e. The number of halogens is 1. The Labute approximate surface area is 206 Å². The second kappa shape index (κ2) is 9.03. The van der Waals surface area contributed by atoms with Crippen LogP contribution in [-0.2, 0) is 15.1 Å². The third kappa shape index (κ3) is 4.07. The van der Waals surface area contributed by atoms with E-state index in [9.17, 15) is 4.39 Å².